The van der Waals surface area contributed by atoms with Gasteiger partial charge in [0.2, 0.25) is 0 Å². The lowest BCUT2D eigenvalue weighted by Gasteiger charge is -2.16. The lowest BCUT2D eigenvalue weighted by molar-refractivity contribution is 0.544. The molecule has 0 bridgehead atoms. The van der Waals surface area contributed by atoms with Crippen molar-refractivity contribution < 1.29 is 0 Å². The van der Waals surface area contributed by atoms with Gasteiger partial charge in [-0.25, -0.2) is 9.67 Å². The Hall–Kier alpha value is -1.72. The van der Waals surface area contributed by atoms with Crippen LogP contribution in [0.15, 0.2) is 4.79 Å². The van der Waals surface area contributed by atoms with E-state index in [2.05, 4.69) is 20.3 Å². The lowest BCUT2D eigenvalue weighted by atomic mass is 9.96. The predicted molar refractivity (Wildman–Crippen MR) is 55.6 cm³/mol. The Morgan fingerprint density at radius 2 is 2.00 bits per heavy atom. The van der Waals surface area contributed by atoms with Crippen LogP contribution >= 0.6 is 0 Å². The second-order valence-electron chi connectivity index (χ2n) is 4.55. The van der Waals surface area contributed by atoms with E-state index in [1.165, 1.54) is 4.68 Å². The summed E-state index contributed by atoms with van der Waals surface area (Å²) in [4.78, 5) is 18.7. The van der Waals surface area contributed by atoms with Gasteiger partial charge in [0.15, 0.2) is 11.2 Å². The Morgan fingerprint density at radius 1 is 1.33 bits per heavy atom. The third-order valence-corrected chi connectivity index (χ3v) is 2.17. The van der Waals surface area contributed by atoms with Gasteiger partial charge in [-0.2, -0.15) is 0 Å². The molecule has 0 unspecified atom stereocenters. The number of fused-ring (bicyclic) bond motifs is 1. The molecule has 6 heteroatoms. The Kier molecular flexibility index (Phi) is 1.89. The van der Waals surface area contributed by atoms with Gasteiger partial charge in [-0.15, -0.1) is 5.10 Å². The van der Waals surface area contributed by atoms with Crippen molar-refractivity contribution in [1.82, 2.24) is 25.0 Å². The molecule has 0 fully saturated rings. The monoisotopic (exact) mass is 207 g/mol. The summed E-state index contributed by atoms with van der Waals surface area (Å²) in [5.74, 6) is 0.644. The smallest absolute Gasteiger partial charge is 0.281 e. The van der Waals surface area contributed by atoms with Gasteiger partial charge in [-0.3, -0.25) is 4.79 Å². The van der Waals surface area contributed by atoms with E-state index in [4.69, 9.17) is 0 Å². The fourth-order valence-corrected chi connectivity index (χ4v) is 1.28. The Labute approximate surface area is 86.3 Å². The van der Waals surface area contributed by atoms with Crippen molar-refractivity contribution in [2.24, 2.45) is 7.05 Å². The van der Waals surface area contributed by atoms with Crippen LogP contribution < -0.4 is 5.56 Å². The van der Waals surface area contributed by atoms with Gasteiger partial charge < -0.3 is 4.98 Å². The Balaban J connectivity index is 2.82. The number of hydrogen-bond acceptors (Lipinski definition) is 4. The molecule has 0 saturated carbocycles. The molecular weight excluding hydrogens is 194 g/mol. The lowest BCUT2D eigenvalue weighted by Crippen LogP contribution is -2.22. The first-order valence-corrected chi connectivity index (χ1v) is 4.70. The third-order valence-electron chi connectivity index (χ3n) is 2.17. The molecule has 2 aromatic heterocycles. The van der Waals surface area contributed by atoms with E-state index < -0.39 is 0 Å². The van der Waals surface area contributed by atoms with Gasteiger partial charge in [-0.1, -0.05) is 26.0 Å². The maximum absolute atomic E-state index is 11.6. The Bertz CT molecular complexity index is 560. The van der Waals surface area contributed by atoms with Gasteiger partial charge in [0.25, 0.3) is 5.56 Å². The minimum absolute atomic E-state index is 0.197. The number of hydrogen-bond donors (Lipinski definition) is 1. The molecule has 15 heavy (non-hydrogen) atoms. The van der Waals surface area contributed by atoms with Crippen molar-refractivity contribution in [3.63, 3.8) is 0 Å². The highest BCUT2D eigenvalue weighted by atomic mass is 16.1. The summed E-state index contributed by atoms with van der Waals surface area (Å²) in [5.41, 5.74) is 0.365. The van der Waals surface area contributed by atoms with Crippen molar-refractivity contribution in [2.45, 2.75) is 26.2 Å². The average molecular weight is 207 g/mol. The normalized spacial score (nSPS) is 12.3. The first kappa shape index (κ1) is 9.82. The SMILES string of the molecule is Cn1nnc2c(=O)[nH]c(C(C)(C)C)nc21. The minimum atomic E-state index is -0.238. The number of rotatable bonds is 0. The molecular formula is C9H13N5O. The van der Waals surface area contributed by atoms with Gasteiger partial charge in [0.1, 0.15) is 5.82 Å². The van der Waals surface area contributed by atoms with Crippen molar-refractivity contribution in [2.75, 3.05) is 0 Å². The van der Waals surface area contributed by atoms with E-state index in [-0.39, 0.29) is 16.5 Å². The topological polar surface area (TPSA) is 76.5 Å². The van der Waals surface area contributed by atoms with Crippen LogP contribution in [0.3, 0.4) is 0 Å². The maximum atomic E-state index is 11.6. The largest absolute Gasteiger partial charge is 0.308 e. The van der Waals surface area contributed by atoms with Crippen molar-refractivity contribution in [3.8, 4) is 0 Å². The first-order chi connectivity index (χ1) is 6.89. The number of aromatic amines is 1. The number of H-pyrrole nitrogens is 1. The number of aryl methyl sites for hydroxylation is 1. The van der Waals surface area contributed by atoms with Crippen LogP contribution in [0.4, 0.5) is 0 Å². The standard InChI is InChI=1S/C9H13N5O/c1-9(2,3)8-10-6-5(7(15)11-8)12-13-14(6)4/h1-4H3,(H,10,11,15). The molecule has 0 radical (unpaired) electrons. The van der Waals surface area contributed by atoms with E-state index in [0.717, 1.165) is 0 Å². The zero-order chi connectivity index (χ0) is 11.2. The second kappa shape index (κ2) is 2.88. The molecule has 0 aliphatic carbocycles. The highest BCUT2D eigenvalue weighted by molar-refractivity contribution is 5.67. The number of nitrogens with zero attached hydrogens (tertiary/aromatic N) is 4. The van der Waals surface area contributed by atoms with Gasteiger partial charge >= 0.3 is 0 Å². The number of nitrogens with one attached hydrogen (secondary N) is 1. The van der Waals surface area contributed by atoms with Crippen LogP contribution in [0.25, 0.3) is 11.2 Å². The molecule has 2 rings (SSSR count). The maximum Gasteiger partial charge on any atom is 0.281 e. The molecule has 0 amide bonds. The van der Waals surface area contributed by atoms with Crippen molar-refractivity contribution in [1.29, 1.82) is 0 Å². The van der Waals surface area contributed by atoms with Crippen LogP contribution in [-0.2, 0) is 12.5 Å². The molecule has 0 aliphatic rings. The molecule has 1 N–H and O–H groups in total. The fourth-order valence-electron chi connectivity index (χ4n) is 1.28. The fraction of sp³-hybridized carbons (Fsp3) is 0.556. The van der Waals surface area contributed by atoms with Crippen molar-refractivity contribution in [3.05, 3.63) is 16.2 Å². The average Bonchev–Trinajstić information content (AvgIpc) is 2.47. The van der Waals surface area contributed by atoms with Crippen molar-refractivity contribution >= 4 is 11.2 Å². The molecule has 6 nitrogen and oxygen atoms in total. The molecule has 0 aliphatic heterocycles. The van der Waals surface area contributed by atoms with Crippen LogP contribution in [-0.4, -0.2) is 25.0 Å². The second-order valence-corrected chi connectivity index (χ2v) is 4.55. The van der Waals surface area contributed by atoms with Crippen LogP contribution in [0, 0.1) is 0 Å². The molecule has 80 valence electrons. The minimum Gasteiger partial charge on any atom is -0.308 e. The summed E-state index contributed by atoms with van der Waals surface area (Å²) in [6.45, 7) is 5.96. The summed E-state index contributed by atoms with van der Waals surface area (Å²) in [6, 6.07) is 0. The van der Waals surface area contributed by atoms with Gasteiger partial charge in [-0.05, 0) is 0 Å². The van der Waals surface area contributed by atoms with Gasteiger partial charge in [0, 0.05) is 12.5 Å². The Morgan fingerprint density at radius 3 is 2.60 bits per heavy atom. The summed E-state index contributed by atoms with van der Waals surface area (Å²) >= 11 is 0. The molecule has 0 saturated heterocycles. The van der Waals surface area contributed by atoms with E-state index in [1.807, 2.05) is 20.8 Å². The summed E-state index contributed by atoms with van der Waals surface area (Å²) < 4.78 is 1.50. The van der Waals surface area contributed by atoms with E-state index >= 15 is 0 Å². The molecule has 0 aromatic carbocycles. The van der Waals surface area contributed by atoms with E-state index in [9.17, 15) is 4.79 Å². The van der Waals surface area contributed by atoms with Crippen LogP contribution in [0.5, 0.6) is 0 Å². The van der Waals surface area contributed by atoms with E-state index in [1.54, 1.807) is 7.05 Å². The molecule has 2 aromatic rings. The summed E-state index contributed by atoms with van der Waals surface area (Å²) in [7, 11) is 1.72. The molecule has 0 atom stereocenters. The number of aromatic nitrogens is 5. The quantitative estimate of drug-likeness (QED) is 0.676. The zero-order valence-electron chi connectivity index (χ0n) is 9.20. The van der Waals surface area contributed by atoms with Crippen LogP contribution in [0.1, 0.15) is 26.6 Å². The summed E-state index contributed by atoms with van der Waals surface area (Å²) in [5, 5.41) is 7.51. The zero-order valence-corrected chi connectivity index (χ0v) is 9.20. The van der Waals surface area contributed by atoms with Crippen LogP contribution in [0.2, 0.25) is 0 Å². The molecule has 0 spiro atoms. The third kappa shape index (κ3) is 1.51. The molecule has 2 heterocycles. The van der Waals surface area contributed by atoms with E-state index in [0.29, 0.717) is 11.5 Å². The highest BCUT2D eigenvalue weighted by Crippen LogP contribution is 2.17. The summed E-state index contributed by atoms with van der Waals surface area (Å²) in [6.07, 6.45) is 0. The highest BCUT2D eigenvalue weighted by Gasteiger charge is 2.19. The predicted octanol–water partition coefficient (Wildman–Crippen LogP) is 0.349. The first-order valence-electron chi connectivity index (χ1n) is 4.70. The van der Waals surface area contributed by atoms with Gasteiger partial charge in [0.05, 0.1) is 0 Å².